The van der Waals surface area contributed by atoms with Gasteiger partial charge in [0.15, 0.2) is 0 Å². The first kappa shape index (κ1) is 15.6. The number of ether oxygens (including phenoxy) is 1. The molecule has 116 valence electrons. The molecular formula is C16H30N2O2. The van der Waals surface area contributed by atoms with Gasteiger partial charge in [-0.25, -0.2) is 4.79 Å². The molecule has 0 radical (unpaired) electrons. The third kappa shape index (κ3) is 4.97. The average Bonchev–Trinajstić information content (AvgIpc) is 3.21. The number of primary amides is 1. The molecule has 4 nitrogen and oxygen atoms in total. The summed E-state index contributed by atoms with van der Waals surface area (Å²) in [5, 5.41) is 0. The van der Waals surface area contributed by atoms with Gasteiger partial charge in [-0.2, -0.15) is 0 Å². The lowest BCUT2D eigenvalue weighted by molar-refractivity contribution is 0.00694. The van der Waals surface area contributed by atoms with Crippen LogP contribution in [0.4, 0.5) is 4.79 Å². The summed E-state index contributed by atoms with van der Waals surface area (Å²) in [5.41, 5.74) is 5.55. The maximum absolute atomic E-state index is 11.6. The largest absolute Gasteiger partial charge is 0.378 e. The van der Waals surface area contributed by atoms with Gasteiger partial charge in [-0.15, -0.1) is 0 Å². The monoisotopic (exact) mass is 282 g/mol. The standard InChI is InChI=1S/C16H30N2O2/c1-12(2)9-10-18(16(17)19)14-5-7-15(8-6-14)20-11-13-3-4-13/h12-15H,3-11H2,1-2H3,(H2,17,19)/t14-,15-. The first-order chi connectivity index (χ1) is 9.56. The fourth-order valence-electron chi connectivity index (χ4n) is 2.95. The highest BCUT2D eigenvalue weighted by Crippen LogP contribution is 2.31. The van der Waals surface area contributed by atoms with E-state index in [4.69, 9.17) is 10.5 Å². The summed E-state index contributed by atoms with van der Waals surface area (Å²) in [4.78, 5) is 13.5. The molecule has 0 unspecified atom stereocenters. The van der Waals surface area contributed by atoms with Crippen molar-refractivity contribution in [1.29, 1.82) is 0 Å². The molecule has 0 bridgehead atoms. The molecule has 0 spiro atoms. The molecule has 0 aromatic heterocycles. The predicted molar refractivity (Wildman–Crippen MR) is 80.5 cm³/mol. The van der Waals surface area contributed by atoms with Gasteiger partial charge in [0.2, 0.25) is 0 Å². The zero-order valence-corrected chi connectivity index (χ0v) is 13.0. The Bertz CT molecular complexity index is 308. The summed E-state index contributed by atoms with van der Waals surface area (Å²) in [6.07, 6.45) is 8.35. The molecule has 0 aromatic rings. The highest BCUT2D eigenvalue weighted by molar-refractivity contribution is 5.72. The number of nitrogens with two attached hydrogens (primary N) is 1. The van der Waals surface area contributed by atoms with Gasteiger partial charge in [0.05, 0.1) is 6.10 Å². The number of carbonyl (C=O) groups is 1. The molecular weight excluding hydrogens is 252 g/mol. The number of carbonyl (C=O) groups excluding carboxylic acids is 1. The molecule has 0 aromatic carbocycles. The van der Waals surface area contributed by atoms with Gasteiger partial charge < -0.3 is 15.4 Å². The molecule has 2 rings (SSSR count). The van der Waals surface area contributed by atoms with Crippen molar-refractivity contribution in [3.8, 4) is 0 Å². The third-order valence-corrected chi connectivity index (χ3v) is 4.58. The molecule has 2 amide bonds. The van der Waals surface area contributed by atoms with Gasteiger partial charge >= 0.3 is 6.03 Å². The third-order valence-electron chi connectivity index (χ3n) is 4.58. The molecule has 4 heteroatoms. The molecule has 2 aliphatic carbocycles. The van der Waals surface area contributed by atoms with E-state index in [0.29, 0.717) is 18.1 Å². The molecule has 0 atom stereocenters. The number of amides is 2. The second-order valence-corrected chi connectivity index (χ2v) is 6.92. The Balaban J connectivity index is 1.72. The molecule has 0 heterocycles. The Morgan fingerprint density at radius 2 is 1.85 bits per heavy atom. The topological polar surface area (TPSA) is 55.6 Å². The summed E-state index contributed by atoms with van der Waals surface area (Å²) in [6.45, 7) is 6.11. The van der Waals surface area contributed by atoms with Crippen LogP contribution in [-0.2, 0) is 4.74 Å². The van der Waals surface area contributed by atoms with E-state index < -0.39 is 0 Å². The summed E-state index contributed by atoms with van der Waals surface area (Å²) in [5.74, 6) is 1.44. The fraction of sp³-hybridized carbons (Fsp3) is 0.938. The minimum atomic E-state index is -0.256. The SMILES string of the molecule is CC(C)CCN(C(N)=O)[C@H]1CC[C@H](OCC2CC2)CC1. The van der Waals surface area contributed by atoms with Crippen molar-refractivity contribution in [3.63, 3.8) is 0 Å². The second-order valence-electron chi connectivity index (χ2n) is 6.92. The van der Waals surface area contributed by atoms with Crippen LogP contribution in [0.5, 0.6) is 0 Å². The molecule has 2 aliphatic rings. The first-order valence-electron chi connectivity index (χ1n) is 8.24. The summed E-state index contributed by atoms with van der Waals surface area (Å²) < 4.78 is 5.96. The summed E-state index contributed by atoms with van der Waals surface area (Å²) in [7, 11) is 0. The van der Waals surface area contributed by atoms with Gasteiger partial charge in [0, 0.05) is 19.2 Å². The van der Waals surface area contributed by atoms with Crippen molar-refractivity contribution in [2.75, 3.05) is 13.2 Å². The zero-order valence-electron chi connectivity index (χ0n) is 13.0. The lowest BCUT2D eigenvalue weighted by Crippen LogP contribution is -2.46. The van der Waals surface area contributed by atoms with Crippen molar-refractivity contribution < 1.29 is 9.53 Å². The maximum Gasteiger partial charge on any atom is 0.315 e. The van der Waals surface area contributed by atoms with Crippen molar-refractivity contribution in [2.24, 2.45) is 17.6 Å². The molecule has 0 saturated heterocycles. The van der Waals surface area contributed by atoms with Crippen LogP contribution in [0.2, 0.25) is 0 Å². The van der Waals surface area contributed by atoms with Crippen molar-refractivity contribution in [2.45, 2.75) is 70.9 Å². The first-order valence-corrected chi connectivity index (χ1v) is 8.24. The summed E-state index contributed by atoms with van der Waals surface area (Å²) in [6, 6.07) is 0.0695. The van der Waals surface area contributed by atoms with Crippen molar-refractivity contribution in [1.82, 2.24) is 4.90 Å². The molecule has 0 aliphatic heterocycles. The number of nitrogens with zero attached hydrogens (tertiary/aromatic N) is 1. The van der Waals surface area contributed by atoms with Gasteiger partial charge in [-0.3, -0.25) is 0 Å². The molecule has 20 heavy (non-hydrogen) atoms. The van der Waals surface area contributed by atoms with E-state index >= 15 is 0 Å². The Morgan fingerprint density at radius 3 is 2.35 bits per heavy atom. The lowest BCUT2D eigenvalue weighted by Gasteiger charge is -2.36. The maximum atomic E-state index is 11.6. The minimum absolute atomic E-state index is 0.256. The van der Waals surface area contributed by atoms with Crippen molar-refractivity contribution >= 4 is 6.03 Å². The van der Waals surface area contributed by atoms with Crippen LogP contribution in [0.15, 0.2) is 0 Å². The Kier molecular flexibility index (Phi) is 5.70. The van der Waals surface area contributed by atoms with E-state index in [1.54, 1.807) is 0 Å². The zero-order chi connectivity index (χ0) is 14.5. The van der Waals surface area contributed by atoms with E-state index in [-0.39, 0.29) is 6.03 Å². The van der Waals surface area contributed by atoms with Gasteiger partial charge in [0.1, 0.15) is 0 Å². The van der Waals surface area contributed by atoms with Crippen molar-refractivity contribution in [3.05, 3.63) is 0 Å². The number of hydrogen-bond donors (Lipinski definition) is 1. The highest BCUT2D eigenvalue weighted by Gasteiger charge is 2.29. The van der Waals surface area contributed by atoms with E-state index in [1.807, 2.05) is 4.90 Å². The second kappa shape index (κ2) is 7.30. The summed E-state index contributed by atoms with van der Waals surface area (Å²) >= 11 is 0. The van der Waals surface area contributed by atoms with Crippen LogP contribution in [0.1, 0.15) is 58.8 Å². The molecule has 2 fully saturated rings. The minimum Gasteiger partial charge on any atom is -0.378 e. The quantitative estimate of drug-likeness (QED) is 0.780. The van der Waals surface area contributed by atoms with Crippen LogP contribution < -0.4 is 5.73 Å². The van der Waals surface area contributed by atoms with Crippen LogP contribution in [0.25, 0.3) is 0 Å². The number of urea groups is 1. The van der Waals surface area contributed by atoms with Crippen LogP contribution in [0.3, 0.4) is 0 Å². The Labute approximate surface area is 123 Å². The van der Waals surface area contributed by atoms with E-state index in [1.165, 1.54) is 12.8 Å². The van der Waals surface area contributed by atoms with Gasteiger partial charge in [-0.1, -0.05) is 13.8 Å². The fourth-order valence-corrected chi connectivity index (χ4v) is 2.95. The van der Waals surface area contributed by atoms with Crippen LogP contribution >= 0.6 is 0 Å². The van der Waals surface area contributed by atoms with Crippen LogP contribution in [0, 0.1) is 11.8 Å². The number of hydrogen-bond acceptors (Lipinski definition) is 2. The Morgan fingerprint density at radius 1 is 1.20 bits per heavy atom. The van der Waals surface area contributed by atoms with Gasteiger partial charge in [-0.05, 0) is 56.8 Å². The molecule has 2 saturated carbocycles. The van der Waals surface area contributed by atoms with E-state index in [2.05, 4.69) is 13.8 Å². The van der Waals surface area contributed by atoms with E-state index in [0.717, 1.165) is 51.2 Å². The normalized spacial score (nSPS) is 26.8. The lowest BCUT2D eigenvalue weighted by atomic mass is 9.91. The highest BCUT2D eigenvalue weighted by atomic mass is 16.5. The van der Waals surface area contributed by atoms with E-state index in [9.17, 15) is 4.79 Å². The predicted octanol–water partition coefficient (Wildman–Crippen LogP) is 3.15. The molecule has 2 N–H and O–H groups in total. The number of rotatable bonds is 7. The smallest absolute Gasteiger partial charge is 0.315 e. The average molecular weight is 282 g/mol. The Hall–Kier alpha value is -0.770. The van der Waals surface area contributed by atoms with Gasteiger partial charge in [0.25, 0.3) is 0 Å². The van der Waals surface area contributed by atoms with Crippen LogP contribution in [-0.4, -0.2) is 36.2 Å².